The highest BCUT2D eigenvalue weighted by atomic mass is 32.2. The molecule has 2 aromatic carbocycles. The Morgan fingerprint density at radius 1 is 0.773 bits per heavy atom. The Morgan fingerprint density at radius 2 is 1.27 bits per heavy atom. The van der Waals surface area contributed by atoms with Crippen LogP contribution in [0.1, 0.15) is 35.8 Å². The first-order valence-corrected chi connectivity index (χ1v) is 9.21. The minimum Gasteiger partial charge on any atom is -0.228 e. The van der Waals surface area contributed by atoms with Gasteiger partial charge in [-0.15, -0.1) is 0 Å². The summed E-state index contributed by atoms with van der Waals surface area (Å²) < 4.78 is 38.4. The molecule has 2 fully saturated rings. The Kier molecular flexibility index (Phi) is 3.12. The molecule has 4 atom stereocenters. The normalized spacial score (nSPS) is 30.0. The molecule has 0 aromatic heterocycles. The molecule has 2 aliphatic carbocycles. The Morgan fingerprint density at radius 3 is 1.82 bits per heavy atom. The quantitative estimate of drug-likeness (QED) is 0.863. The van der Waals surface area contributed by atoms with Crippen molar-refractivity contribution in [1.29, 1.82) is 0 Å². The summed E-state index contributed by atoms with van der Waals surface area (Å²) in [6.45, 7) is 0. The van der Waals surface area contributed by atoms with Gasteiger partial charge >= 0.3 is 0 Å². The molecule has 22 heavy (non-hydrogen) atoms. The van der Waals surface area contributed by atoms with Crippen molar-refractivity contribution < 1.29 is 12.8 Å². The number of halogens is 1. The van der Waals surface area contributed by atoms with Gasteiger partial charge in [-0.1, -0.05) is 42.5 Å². The van der Waals surface area contributed by atoms with Crippen molar-refractivity contribution in [2.24, 2.45) is 0 Å². The van der Waals surface area contributed by atoms with Crippen molar-refractivity contribution in [2.45, 2.75) is 35.2 Å². The lowest BCUT2D eigenvalue weighted by Crippen LogP contribution is -2.15. The molecule has 114 valence electrons. The van der Waals surface area contributed by atoms with Gasteiger partial charge in [0.2, 0.25) is 0 Å². The van der Waals surface area contributed by atoms with Crippen LogP contribution in [0.2, 0.25) is 0 Å². The number of hydrogen-bond donors (Lipinski definition) is 0. The van der Waals surface area contributed by atoms with E-state index in [4.69, 9.17) is 0 Å². The lowest BCUT2D eigenvalue weighted by molar-refractivity contribution is 0.592. The number of sulfone groups is 1. The lowest BCUT2D eigenvalue weighted by Gasteiger charge is -2.04. The third-order valence-electron chi connectivity index (χ3n) is 4.83. The number of benzene rings is 2. The SMILES string of the molecule is O=S(=O)(C1CC1c1ccccc1)C1CC1c1ccc(F)cc1. The van der Waals surface area contributed by atoms with Gasteiger partial charge in [0.1, 0.15) is 5.82 Å². The summed E-state index contributed by atoms with van der Waals surface area (Å²) in [6, 6.07) is 16.1. The average molecular weight is 316 g/mol. The van der Waals surface area contributed by atoms with E-state index in [1.165, 1.54) is 12.1 Å². The average Bonchev–Trinajstić information content (AvgIpc) is 3.40. The van der Waals surface area contributed by atoms with E-state index in [1.807, 2.05) is 30.3 Å². The van der Waals surface area contributed by atoms with E-state index in [0.717, 1.165) is 17.5 Å². The van der Waals surface area contributed by atoms with Crippen LogP contribution in [-0.4, -0.2) is 18.9 Å². The summed E-state index contributed by atoms with van der Waals surface area (Å²) in [5, 5.41) is -0.512. The van der Waals surface area contributed by atoms with E-state index in [-0.39, 0.29) is 28.2 Å². The van der Waals surface area contributed by atoms with Gasteiger partial charge in [-0.25, -0.2) is 12.8 Å². The zero-order chi connectivity index (χ0) is 15.3. The van der Waals surface area contributed by atoms with Crippen LogP contribution in [0, 0.1) is 5.82 Å². The monoisotopic (exact) mass is 316 g/mol. The summed E-state index contributed by atoms with van der Waals surface area (Å²) in [5.41, 5.74) is 2.06. The van der Waals surface area contributed by atoms with Gasteiger partial charge in [-0.05, 0) is 36.1 Å². The fourth-order valence-corrected chi connectivity index (χ4v) is 6.04. The highest BCUT2D eigenvalue weighted by molar-refractivity contribution is 7.93. The van der Waals surface area contributed by atoms with E-state index in [0.29, 0.717) is 6.42 Å². The van der Waals surface area contributed by atoms with Crippen molar-refractivity contribution in [3.63, 3.8) is 0 Å². The van der Waals surface area contributed by atoms with E-state index in [9.17, 15) is 12.8 Å². The first kappa shape index (κ1) is 13.9. The Bertz CT molecular complexity index is 784. The van der Waals surface area contributed by atoms with Crippen LogP contribution in [0.3, 0.4) is 0 Å². The molecule has 0 saturated heterocycles. The van der Waals surface area contributed by atoms with Gasteiger partial charge in [0.15, 0.2) is 9.84 Å². The minimum absolute atomic E-state index is 0.0441. The van der Waals surface area contributed by atoms with Crippen LogP contribution < -0.4 is 0 Å². The van der Waals surface area contributed by atoms with Gasteiger partial charge in [0.25, 0.3) is 0 Å². The fourth-order valence-electron chi connectivity index (χ4n) is 3.41. The van der Waals surface area contributed by atoms with Crippen LogP contribution in [-0.2, 0) is 9.84 Å². The first-order valence-electron chi connectivity index (χ1n) is 7.60. The topological polar surface area (TPSA) is 34.1 Å². The largest absolute Gasteiger partial charge is 0.228 e. The van der Waals surface area contributed by atoms with Crippen molar-refractivity contribution in [2.75, 3.05) is 0 Å². The molecule has 4 heteroatoms. The van der Waals surface area contributed by atoms with Crippen LogP contribution in [0.5, 0.6) is 0 Å². The second-order valence-electron chi connectivity index (χ2n) is 6.31. The van der Waals surface area contributed by atoms with Crippen molar-refractivity contribution in [1.82, 2.24) is 0 Å². The van der Waals surface area contributed by atoms with Crippen LogP contribution in [0.15, 0.2) is 54.6 Å². The molecule has 0 bridgehead atoms. The maximum absolute atomic E-state index is 13.0. The van der Waals surface area contributed by atoms with Crippen molar-refractivity contribution >= 4 is 9.84 Å². The molecule has 0 aliphatic heterocycles. The first-order chi connectivity index (χ1) is 10.6. The Labute approximate surface area is 129 Å². The van der Waals surface area contributed by atoms with E-state index in [1.54, 1.807) is 12.1 Å². The van der Waals surface area contributed by atoms with Crippen molar-refractivity contribution in [3.05, 3.63) is 71.5 Å². The molecular formula is C18H17FO2S. The molecule has 2 aromatic rings. The lowest BCUT2D eigenvalue weighted by atomic mass is 10.1. The van der Waals surface area contributed by atoms with Crippen LogP contribution in [0.25, 0.3) is 0 Å². The van der Waals surface area contributed by atoms with E-state index in [2.05, 4.69) is 0 Å². The Hall–Kier alpha value is -1.68. The van der Waals surface area contributed by atoms with E-state index < -0.39 is 9.84 Å². The number of rotatable bonds is 4. The summed E-state index contributed by atoms with van der Waals surface area (Å²) in [4.78, 5) is 0. The predicted octanol–water partition coefficient (Wildman–Crippen LogP) is 3.65. The molecule has 0 N–H and O–H groups in total. The van der Waals surface area contributed by atoms with Crippen LogP contribution >= 0.6 is 0 Å². The molecule has 4 unspecified atom stereocenters. The molecule has 0 spiro atoms. The molecule has 4 rings (SSSR count). The highest BCUT2D eigenvalue weighted by Gasteiger charge is 2.58. The number of hydrogen-bond acceptors (Lipinski definition) is 2. The van der Waals surface area contributed by atoms with E-state index >= 15 is 0 Å². The molecule has 0 heterocycles. The fraction of sp³-hybridized carbons (Fsp3) is 0.333. The zero-order valence-electron chi connectivity index (χ0n) is 12.0. The molecule has 0 radical (unpaired) electrons. The Balaban J connectivity index is 1.49. The maximum Gasteiger partial charge on any atom is 0.157 e. The van der Waals surface area contributed by atoms with Crippen molar-refractivity contribution in [3.8, 4) is 0 Å². The molecule has 2 saturated carbocycles. The second-order valence-corrected chi connectivity index (χ2v) is 8.70. The smallest absolute Gasteiger partial charge is 0.157 e. The van der Waals surface area contributed by atoms with Gasteiger partial charge < -0.3 is 0 Å². The van der Waals surface area contributed by atoms with Gasteiger partial charge in [0, 0.05) is 11.8 Å². The highest BCUT2D eigenvalue weighted by Crippen LogP contribution is 2.55. The van der Waals surface area contributed by atoms with Gasteiger partial charge in [-0.3, -0.25) is 0 Å². The summed E-state index contributed by atoms with van der Waals surface area (Å²) >= 11 is 0. The third-order valence-corrected chi connectivity index (χ3v) is 7.56. The maximum atomic E-state index is 13.0. The summed E-state index contributed by atoms with van der Waals surface area (Å²) in [7, 11) is -3.09. The second kappa shape index (κ2) is 4.92. The molecular weight excluding hydrogens is 299 g/mol. The van der Waals surface area contributed by atoms with Gasteiger partial charge in [0.05, 0.1) is 10.5 Å². The predicted molar refractivity (Wildman–Crippen MR) is 84.1 cm³/mol. The zero-order valence-corrected chi connectivity index (χ0v) is 12.8. The van der Waals surface area contributed by atoms with Gasteiger partial charge in [-0.2, -0.15) is 0 Å². The molecule has 2 nitrogen and oxygen atoms in total. The standard InChI is InChI=1S/C18H17FO2S/c19-14-8-6-13(7-9-14)16-11-18(16)22(20,21)17-10-15(17)12-4-2-1-3-5-12/h1-9,15-18H,10-11H2. The van der Waals surface area contributed by atoms with Crippen LogP contribution in [0.4, 0.5) is 4.39 Å². The molecule has 2 aliphatic rings. The summed E-state index contributed by atoms with van der Waals surface area (Å²) in [6.07, 6.45) is 1.41. The minimum atomic E-state index is -3.09. The molecule has 0 amide bonds. The summed E-state index contributed by atoms with van der Waals surface area (Å²) in [5.74, 6) is -0.0848. The third kappa shape index (κ3) is 2.35.